The Balaban J connectivity index is 2.37. The smallest absolute Gasteiger partial charge is 0.406 e. The van der Waals surface area contributed by atoms with Crippen molar-refractivity contribution in [2.45, 2.75) is 30.4 Å². The van der Waals surface area contributed by atoms with E-state index in [1.165, 1.54) is 12.1 Å². The molecule has 2 aromatic rings. The number of amides is 1. The number of rotatable bonds is 7. The zero-order chi connectivity index (χ0) is 17.6. The molecule has 3 N–H and O–H groups in total. The fourth-order valence-electron chi connectivity index (χ4n) is 2.38. The lowest BCUT2D eigenvalue weighted by Gasteiger charge is -2.32. The van der Waals surface area contributed by atoms with Gasteiger partial charge in [-0.05, 0) is 24.1 Å². The fourth-order valence-corrected chi connectivity index (χ4v) is 3.77. The number of benzene rings is 2. The van der Waals surface area contributed by atoms with Crippen LogP contribution in [0, 0.1) is 0 Å². The number of nitrogens with one attached hydrogen (secondary N) is 1. The van der Waals surface area contributed by atoms with Crippen molar-refractivity contribution in [2.75, 3.05) is 0 Å². The molecule has 2 rings (SSSR count). The lowest BCUT2D eigenvalue weighted by molar-refractivity contribution is 0.00436. The van der Waals surface area contributed by atoms with Gasteiger partial charge in [0.05, 0.1) is 4.90 Å². The summed E-state index contributed by atoms with van der Waals surface area (Å²) < 4.78 is 33.0. The van der Waals surface area contributed by atoms with Crippen molar-refractivity contribution in [3.63, 3.8) is 0 Å². The van der Waals surface area contributed by atoms with Crippen LogP contribution in [-0.2, 0) is 21.2 Å². The van der Waals surface area contributed by atoms with Crippen LogP contribution < -0.4 is 10.5 Å². The summed E-state index contributed by atoms with van der Waals surface area (Å²) in [6.45, 7) is 1.72. The Morgan fingerprint density at radius 3 is 2.12 bits per heavy atom. The van der Waals surface area contributed by atoms with Crippen molar-refractivity contribution in [2.24, 2.45) is 5.73 Å². The van der Waals surface area contributed by atoms with E-state index in [2.05, 4.69) is 4.72 Å². The molecule has 0 aliphatic rings. The summed E-state index contributed by atoms with van der Waals surface area (Å²) in [5.74, 6) is 0. The van der Waals surface area contributed by atoms with Gasteiger partial charge in [-0.1, -0.05) is 55.5 Å². The molecule has 24 heavy (non-hydrogen) atoms. The number of primary amides is 1. The Hall–Kier alpha value is -2.38. The van der Waals surface area contributed by atoms with E-state index >= 15 is 0 Å². The van der Waals surface area contributed by atoms with Gasteiger partial charge in [-0.3, -0.25) is 0 Å². The molecule has 0 saturated carbocycles. The maximum atomic E-state index is 12.6. The maximum Gasteiger partial charge on any atom is 0.406 e. The summed E-state index contributed by atoms with van der Waals surface area (Å²) in [6, 6.07) is 17.0. The van der Waals surface area contributed by atoms with Gasteiger partial charge in [0.1, 0.15) is 0 Å². The highest BCUT2D eigenvalue weighted by atomic mass is 32.2. The van der Waals surface area contributed by atoms with E-state index in [0.717, 1.165) is 5.56 Å². The molecule has 6 nitrogen and oxygen atoms in total. The zero-order valence-corrected chi connectivity index (χ0v) is 14.1. The molecule has 2 aromatic carbocycles. The molecule has 0 aliphatic heterocycles. The minimum Gasteiger partial charge on any atom is -0.427 e. The Bertz CT molecular complexity index is 779. The van der Waals surface area contributed by atoms with Crippen molar-refractivity contribution in [1.29, 1.82) is 0 Å². The molecule has 0 fully saturated rings. The highest BCUT2D eigenvalue weighted by molar-refractivity contribution is 7.89. The highest BCUT2D eigenvalue weighted by Crippen LogP contribution is 2.23. The van der Waals surface area contributed by atoms with Gasteiger partial charge in [0.25, 0.3) is 0 Å². The van der Waals surface area contributed by atoms with Gasteiger partial charge in [-0.2, -0.15) is 4.72 Å². The van der Waals surface area contributed by atoms with Crippen molar-refractivity contribution in [3.8, 4) is 0 Å². The molecule has 0 aliphatic carbocycles. The second-order valence-electron chi connectivity index (χ2n) is 5.35. The summed E-state index contributed by atoms with van der Waals surface area (Å²) in [6.07, 6.45) is -0.653. The van der Waals surface area contributed by atoms with Crippen molar-refractivity contribution in [1.82, 2.24) is 4.72 Å². The summed E-state index contributed by atoms with van der Waals surface area (Å²) in [5.41, 5.74) is 4.53. The molecule has 128 valence electrons. The molecule has 7 heteroatoms. The summed E-state index contributed by atoms with van der Waals surface area (Å²) in [4.78, 5) is 11.4. The number of nitrogens with two attached hydrogens (primary N) is 1. The fraction of sp³-hybridized carbons (Fsp3) is 0.235. The number of carbonyl (C=O) groups is 1. The van der Waals surface area contributed by atoms with Crippen LogP contribution >= 0.6 is 0 Å². The molecule has 1 unspecified atom stereocenters. The molecule has 0 radical (unpaired) electrons. The number of hydrogen-bond donors (Lipinski definition) is 2. The van der Waals surface area contributed by atoms with Crippen LogP contribution in [0.25, 0.3) is 0 Å². The van der Waals surface area contributed by atoms with Crippen LogP contribution in [0.15, 0.2) is 65.6 Å². The minimum atomic E-state index is -3.88. The summed E-state index contributed by atoms with van der Waals surface area (Å²) in [5, 5.41) is 0. The highest BCUT2D eigenvalue weighted by Gasteiger charge is 2.37. The Morgan fingerprint density at radius 2 is 1.62 bits per heavy atom. The molecule has 0 aromatic heterocycles. The summed E-state index contributed by atoms with van der Waals surface area (Å²) in [7, 11) is -3.88. The minimum absolute atomic E-state index is 0.0870. The molecule has 1 amide bonds. The largest absolute Gasteiger partial charge is 0.427 e. The van der Waals surface area contributed by atoms with E-state index in [-0.39, 0.29) is 17.7 Å². The van der Waals surface area contributed by atoms with Gasteiger partial charge >= 0.3 is 6.09 Å². The first-order valence-corrected chi connectivity index (χ1v) is 8.96. The first-order valence-electron chi connectivity index (χ1n) is 7.48. The van der Waals surface area contributed by atoms with Crippen molar-refractivity contribution >= 4 is 16.1 Å². The first-order chi connectivity index (χ1) is 11.4. The van der Waals surface area contributed by atoms with E-state index in [0.29, 0.717) is 0 Å². The maximum absolute atomic E-state index is 12.6. The average molecular weight is 348 g/mol. The number of hydrogen-bond acceptors (Lipinski definition) is 4. The van der Waals surface area contributed by atoms with Crippen molar-refractivity contribution < 1.29 is 17.9 Å². The predicted molar refractivity (Wildman–Crippen MR) is 90.6 cm³/mol. The Labute approximate surface area is 141 Å². The molecule has 0 bridgehead atoms. The van der Waals surface area contributed by atoms with Crippen molar-refractivity contribution in [3.05, 3.63) is 66.2 Å². The topological polar surface area (TPSA) is 98.5 Å². The molecule has 0 heterocycles. The quantitative estimate of drug-likeness (QED) is 0.751. The number of sulfonamides is 1. The third kappa shape index (κ3) is 4.56. The number of carbonyl (C=O) groups excluding carboxylic acids is 1. The standard InChI is InChI=1S/C17H20N2O4S/c1-2-17(23-16(18)20,13-14-9-5-3-6-10-14)19-24(21,22)15-11-7-4-8-12-15/h3-12,19H,2,13H2,1H3,(H2,18,20). The normalized spacial score (nSPS) is 13.9. The SMILES string of the molecule is CCC(Cc1ccccc1)(NS(=O)(=O)c1ccccc1)OC(N)=O. The Kier molecular flexibility index (Phi) is 5.58. The van der Waals surface area contributed by atoms with E-state index in [4.69, 9.17) is 10.5 Å². The molecule has 0 spiro atoms. The van der Waals surface area contributed by atoms with Gasteiger partial charge in [0.15, 0.2) is 5.72 Å². The van der Waals surface area contributed by atoms with Gasteiger partial charge < -0.3 is 10.5 Å². The molecule has 0 saturated heterocycles. The summed E-state index contributed by atoms with van der Waals surface area (Å²) >= 11 is 0. The van der Waals surface area contributed by atoms with Crippen LogP contribution in [0.5, 0.6) is 0 Å². The van der Waals surface area contributed by atoms with E-state index < -0.39 is 21.8 Å². The van der Waals surface area contributed by atoms with Gasteiger partial charge in [-0.15, -0.1) is 0 Å². The number of ether oxygens (including phenoxy) is 1. The third-order valence-electron chi connectivity index (χ3n) is 3.57. The first kappa shape index (κ1) is 18.0. The van der Waals surface area contributed by atoms with Crippen LogP contribution in [-0.4, -0.2) is 20.2 Å². The monoisotopic (exact) mass is 348 g/mol. The van der Waals surface area contributed by atoms with Crippen LogP contribution in [0.2, 0.25) is 0 Å². The van der Waals surface area contributed by atoms with E-state index in [1.54, 1.807) is 25.1 Å². The van der Waals surface area contributed by atoms with E-state index in [1.807, 2.05) is 30.3 Å². The lowest BCUT2D eigenvalue weighted by Crippen LogP contribution is -2.53. The second-order valence-corrected chi connectivity index (χ2v) is 7.03. The van der Waals surface area contributed by atoms with Crippen LogP contribution in [0.4, 0.5) is 4.79 Å². The van der Waals surface area contributed by atoms with Gasteiger partial charge in [-0.25, -0.2) is 13.2 Å². The third-order valence-corrected chi connectivity index (χ3v) is 5.11. The average Bonchev–Trinajstić information content (AvgIpc) is 2.55. The Morgan fingerprint density at radius 1 is 1.08 bits per heavy atom. The molecule has 1 atom stereocenters. The van der Waals surface area contributed by atoms with Crippen LogP contribution in [0.1, 0.15) is 18.9 Å². The molecular formula is C17H20N2O4S. The second kappa shape index (κ2) is 7.46. The van der Waals surface area contributed by atoms with Gasteiger partial charge in [0, 0.05) is 6.42 Å². The zero-order valence-electron chi connectivity index (χ0n) is 13.3. The molecular weight excluding hydrogens is 328 g/mol. The lowest BCUT2D eigenvalue weighted by atomic mass is 10.0. The van der Waals surface area contributed by atoms with Crippen LogP contribution in [0.3, 0.4) is 0 Å². The van der Waals surface area contributed by atoms with Gasteiger partial charge in [0.2, 0.25) is 10.0 Å². The predicted octanol–water partition coefficient (Wildman–Crippen LogP) is 2.41. The van der Waals surface area contributed by atoms with E-state index in [9.17, 15) is 13.2 Å².